The van der Waals surface area contributed by atoms with E-state index in [0.717, 1.165) is 10.2 Å². The first-order chi connectivity index (χ1) is 14.6. The van der Waals surface area contributed by atoms with Gasteiger partial charge >= 0.3 is 0 Å². The van der Waals surface area contributed by atoms with Crippen LogP contribution in [0.15, 0.2) is 76.3 Å². The number of hydrogen-bond acceptors (Lipinski definition) is 6. The highest BCUT2D eigenvalue weighted by molar-refractivity contribution is 6.10. The first-order valence-corrected chi connectivity index (χ1v) is 9.22. The second-order valence-electron chi connectivity index (χ2n) is 6.75. The molecule has 8 heteroatoms. The second kappa shape index (κ2) is 6.93. The van der Waals surface area contributed by atoms with Gasteiger partial charge in [0.05, 0.1) is 33.2 Å². The van der Waals surface area contributed by atoms with E-state index in [1.807, 2.05) is 30.3 Å². The highest BCUT2D eigenvalue weighted by Gasteiger charge is 2.20. The molecule has 0 bridgehead atoms. The summed E-state index contributed by atoms with van der Waals surface area (Å²) < 4.78 is 6.38. The number of aryl methyl sites for hydroxylation is 1. The monoisotopic (exact) mass is 397 g/mol. The van der Waals surface area contributed by atoms with Gasteiger partial charge in [0.1, 0.15) is 6.33 Å². The molecule has 1 N–H and O–H groups in total. The molecule has 3 aromatic heterocycles. The number of para-hydroxylation sites is 1. The minimum absolute atomic E-state index is 0.253. The Hall–Kier alpha value is -4.33. The summed E-state index contributed by atoms with van der Waals surface area (Å²) in [7, 11) is 0. The Bertz CT molecular complexity index is 1470. The molecule has 0 atom stereocenters. The molecule has 30 heavy (non-hydrogen) atoms. The first-order valence-electron chi connectivity index (χ1n) is 9.22. The van der Waals surface area contributed by atoms with Crippen LogP contribution in [-0.2, 0) is 0 Å². The first kappa shape index (κ1) is 17.7. The standard InChI is InChI=1S/C22H15N5O3/c1-13-19-16(11-18(24-21(19)30-26-13)14-7-3-2-4-8-14)20(28)25-27-12-23-17-10-6-5-9-15(17)22(27)29/h2-12H,1H3,(H,25,28). The highest BCUT2D eigenvalue weighted by Crippen LogP contribution is 2.27. The van der Waals surface area contributed by atoms with Gasteiger partial charge in [0, 0.05) is 5.56 Å². The largest absolute Gasteiger partial charge is 0.335 e. The molecule has 0 saturated heterocycles. The molecule has 0 aliphatic rings. The molecule has 2 aromatic carbocycles. The molecule has 146 valence electrons. The summed E-state index contributed by atoms with van der Waals surface area (Å²) in [5.74, 6) is -0.495. The molecular formula is C22H15N5O3. The number of carbonyl (C=O) groups excluding carboxylic acids is 1. The van der Waals surface area contributed by atoms with Crippen molar-refractivity contribution in [3.8, 4) is 11.3 Å². The summed E-state index contributed by atoms with van der Waals surface area (Å²) in [6, 6.07) is 18.0. The molecule has 0 spiro atoms. The molecule has 5 rings (SSSR count). The summed E-state index contributed by atoms with van der Waals surface area (Å²) in [5, 5.41) is 4.84. The van der Waals surface area contributed by atoms with E-state index in [-0.39, 0.29) is 11.3 Å². The van der Waals surface area contributed by atoms with Crippen LogP contribution >= 0.6 is 0 Å². The van der Waals surface area contributed by atoms with E-state index in [2.05, 4.69) is 20.6 Å². The van der Waals surface area contributed by atoms with Crippen molar-refractivity contribution in [2.24, 2.45) is 0 Å². The Labute approximate surface area is 169 Å². The zero-order valence-corrected chi connectivity index (χ0v) is 15.9. The van der Waals surface area contributed by atoms with E-state index in [1.54, 1.807) is 37.3 Å². The fraction of sp³-hybridized carbons (Fsp3) is 0.0455. The number of hydrogen-bond donors (Lipinski definition) is 1. The lowest BCUT2D eigenvalue weighted by molar-refractivity contribution is 0.101. The van der Waals surface area contributed by atoms with Crippen molar-refractivity contribution >= 4 is 27.9 Å². The van der Waals surface area contributed by atoms with Gasteiger partial charge in [0.2, 0.25) is 0 Å². The van der Waals surface area contributed by atoms with Gasteiger partial charge in [-0.1, -0.05) is 47.6 Å². The third-order valence-corrected chi connectivity index (χ3v) is 4.82. The number of aromatic nitrogens is 4. The summed E-state index contributed by atoms with van der Waals surface area (Å²) in [6.45, 7) is 1.73. The molecular weight excluding hydrogens is 382 g/mol. The number of benzene rings is 2. The van der Waals surface area contributed by atoms with E-state index < -0.39 is 5.91 Å². The van der Waals surface area contributed by atoms with E-state index in [4.69, 9.17) is 4.52 Å². The predicted molar refractivity (Wildman–Crippen MR) is 112 cm³/mol. The van der Waals surface area contributed by atoms with Gasteiger partial charge in [-0.25, -0.2) is 14.6 Å². The average Bonchev–Trinajstić information content (AvgIpc) is 3.16. The molecule has 0 fully saturated rings. The molecule has 0 aliphatic heterocycles. The average molecular weight is 397 g/mol. The van der Waals surface area contributed by atoms with Crippen LogP contribution in [0.25, 0.3) is 33.3 Å². The minimum atomic E-state index is -0.495. The smallest absolute Gasteiger partial charge is 0.280 e. The number of amides is 1. The van der Waals surface area contributed by atoms with Crippen LogP contribution in [0.3, 0.4) is 0 Å². The van der Waals surface area contributed by atoms with Crippen LogP contribution < -0.4 is 11.0 Å². The normalized spacial score (nSPS) is 11.1. The summed E-state index contributed by atoms with van der Waals surface area (Å²) in [6.07, 6.45) is 1.29. The van der Waals surface area contributed by atoms with Crippen molar-refractivity contribution in [1.82, 2.24) is 19.8 Å². The van der Waals surface area contributed by atoms with Gasteiger partial charge in [-0.3, -0.25) is 15.0 Å². The Morgan fingerprint density at radius 2 is 1.83 bits per heavy atom. The maximum Gasteiger partial charge on any atom is 0.280 e. The lowest BCUT2D eigenvalue weighted by atomic mass is 10.1. The zero-order chi connectivity index (χ0) is 20.7. The minimum Gasteiger partial charge on any atom is -0.335 e. The van der Waals surface area contributed by atoms with Crippen molar-refractivity contribution in [2.45, 2.75) is 6.92 Å². The van der Waals surface area contributed by atoms with E-state index >= 15 is 0 Å². The third-order valence-electron chi connectivity index (χ3n) is 4.82. The Kier molecular flexibility index (Phi) is 4.10. The van der Waals surface area contributed by atoms with Gasteiger partial charge in [0.15, 0.2) is 0 Å². The number of nitrogens with zero attached hydrogens (tertiary/aromatic N) is 4. The maximum atomic E-state index is 13.2. The molecule has 0 aliphatic carbocycles. The van der Waals surface area contributed by atoms with E-state index in [1.165, 1.54) is 6.33 Å². The van der Waals surface area contributed by atoms with Crippen LogP contribution in [0.2, 0.25) is 0 Å². The van der Waals surface area contributed by atoms with Crippen molar-refractivity contribution in [1.29, 1.82) is 0 Å². The summed E-state index contributed by atoms with van der Waals surface area (Å²) >= 11 is 0. The topological polar surface area (TPSA) is 103 Å². The fourth-order valence-corrected chi connectivity index (χ4v) is 3.35. The van der Waals surface area contributed by atoms with Gasteiger partial charge < -0.3 is 4.52 Å². The van der Waals surface area contributed by atoms with Gasteiger partial charge in [-0.15, -0.1) is 0 Å². The molecule has 0 saturated carbocycles. The zero-order valence-electron chi connectivity index (χ0n) is 15.9. The van der Waals surface area contributed by atoms with Crippen molar-refractivity contribution in [2.75, 3.05) is 5.43 Å². The Morgan fingerprint density at radius 1 is 1.07 bits per heavy atom. The molecule has 5 aromatic rings. The van der Waals surface area contributed by atoms with Gasteiger partial charge in [-0.2, -0.15) is 0 Å². The molecule has 3 heterocycles. The SMILES string of the molecule is Cc1noc2nc(-c3ccccc3)cc(C(=O)Nn3cnc4ccccc4c3=O)c12. The summed E-state index contributed by atoms with van der Waals surface area (Å²) in [4.78, 5) is 34.6. The molecule has 1 amide bonds. The van der Waals surface area contributed by atoms with Crippen molar-refractivity contribution in [3.63, 3.8) is 0 Å². The quantitative estimate of drug-likeness (QED) is 0.501. The number of nitrogens with one attached hydrogen (secondary N) is 1. The van der Waals surface area contributed by atoms with E-state index in [0.29, 0.717) is 33.2 Å². The van der Waals surface area contributed by atoms with Crippen molar-refractivity contribution in [3.05, 3.63) is 88.6 Å². The van der Waals surface area contributed by atoms with Crippen molar-refractivity contribution < 1.29 is 9.32 Å². The fourth-order valence-electron chi connectivity index (χ4n) is 3.35. The second-order valence-corrected chi connectivity index (χ2v) is 6.75. The molecule has 0 radical (unpaired) electrons. The summed E-state index contributed by atoms with van der Waals surface area (Å²) in [5.41, 5.74) is 5.28. The van der Waals surface area contributed by atoms with Crippen LogP contribution in [-0.4, -0.2) is 25.7 Å². The lowest BCUT2D eigenvalue weighted by Crippen LogP contribution is -2.33. The number of pyridine rings is 1. The van der Waals surface area contributed by atoms with E-state index in [9.17, 15) is 9.59 Å². The molecule has 0 unspecified atom stereocenters. The third kappa shape index (κ3) is 2.91. The maximum absolute atomic E-state index is 13.2. The van der Waals surface area contributed by atoms with Crippen LogP contribution in [0, 0.1) is 6.92 Å². The Morgan fingerprint density at radius 3 is 2.67 bits per heavy atom. The number of carbonyl (C=O) groups is 1. The number of fused-ring (bicyclic) bond motifs is 2. The molecule has 8 nitrogen and oxygen atoms in total. The van der Waals surface area contributed by atoms with Crippen LogP contribution in [0.1, 0.15) is 16.1 Å². The van der Waals surface area contributed by atoms with Gasteiger partial charge in [0.25, 0.3) is 17.2 Å². The van der Waals surface area contributed by atoms with Gasteiger partial charge in [-0.05, 0) is 25.1 Å². The predicted octanol–water partition coefficient (Wildman–Crippen LogP) is 3.29. The highest BCUT2D eigenvalue weighted by atomic mass is 16.5. The lowest BCUT2D eigenvalue weighted by Gasteiger charge is -2.10. The van der Waals surface area contributed by atoms with Crippen LogP contribution in [0.4, 0.5) is 0 Å². The number of rotatable bonds is 3. The Balaban J connectivity index is 1.62. The van der Waals surface area contributed by atoms with Crippen LogP contribution in [0.5, 0.6) is 0 Å².